The van der Waals surface area contributed by atoms with Gasteiger partial charge < -0.3 is 29.1 Å². The number of anilines is 1. The lowest BCUT2D eigenvalue weighted by Gasteiger charge is -2.24. The summed E-state index contributed by atoms with van der Waals surface area (Å²) in [5, 5.41) is 0. The van der Waals surface area contributed by atoms with E-state index in [0.717, 1.165) is 0 Å². The molecule has 0 atom stereocenters. The largest absolute Gasteiger partial charge is 0.494 e. The third-order valence-electron chi connectivity index (χ3n) is 3.96. The van der Waals surface area contributed by atoms with Gasteiger partial charge in [0, 0.05) is 12.3 Å². The first-order valence-electron chi connectivity index (χ1n) is 7.85. The van der Waals surface area contributed by atoms with Crippen molar-refractivity contribution < 1.29 is 23.8 Å². The molecule has 0 fully saturated rings. The van der Waals surface area contributed by atoms with Gasteiger partial charge in [-0.1, -0.05) is 6.08 Å². The number of ether oxygens (including phenoxy) is 3. The molecule has 1 aromatic carbocycles. The maximum absolute atomic E-state index is 12.5. The van der Waals surface area contributed by atoms with Crippen LogP contribution >= 0.6 is 0 Å². The molecule has 0 unspecified atom stereocenters. The van der Waals surface area contributed by atoms with E-state index in [-0.39, 0.29) is 17.0 Å². The summed E-state index contributed by atoms with van der Waals surface area (Å²) in [6.45, 7) is 0. The van der Waals surface area contributed by atoms with Crippen LogP contribution in [-0.2, 0) is 19.1 Å². The smallest absolute Gasteiger partial charge is 0.355 e. The van der Waals surface area contributed by atoms with Gasteiger partial charge in [-0.25, -0.2) is 14.4 Å². The van der Waals surface area contributed by atoms with Crippen LogP contribution in [0.15, 0.2) is 52.6 Å². The number of nitrogens with zero attached hydrogens (tertiary/aromatic N) is 1. The number of allylic oxidation sites excluding steroid dienone is 2. The van der Waals surface area contributed by atoms with Gasteiger partial charge in [0.1, 0.15) is 11.4 Å². The number of carbonyl (C=O) groups is 2. The number of H-pyrrole nitrogens is 2. The van der Waals surface area contributed by atoms with Gasteiger partial charge in [0.2, 0.25) is 0 Å². The van der Waals surface area contributed by atoms with E-state index in [1.807, 2.05) is 0 Å². The lowest BCUT2D eigenvalue weighted by molar-refractivity contribution is -0.139. The zero-order valence-corrected chi connectivity index (χ0v) is 14.9. The lowest BCUT2D eigenvalue weighted by atomic mass is 10.1. The Morgan fingerprint density at radius 1 is 0.963 bits per heavy atom. The van der Waals surface area contributed by atoms with Crippen LogP contribution in [0.1, 0.15) is 0 Å². The number of imidazole rings is 1. The van der Waals surface area contributed by atoms with Crippen LogP contribution in [0.3, 0.4) is 0 Å². The van der Waals surface area contributed by atoms with Crippen LogP contribution in [0, 0.1) is 0 Å². The number of carbonyl (C=O) groups excluding carboxylic acids is 2. The monoisotopic (exact) mass is 371 g/mol. The summed E-state index contributed by atoms with van der Waals surface area (Å²) in [5.41, 5.74) is 1.04. The topological polar surface area (TPSA) is 114 Å². The fourth-order valence-corrected chi connectivity index (χ4v) is 2.75. The molecular weight excluding hydrogens is 354 g/mol. The van der Waals surface area contributed by atoms with Crippen molar-refractivity contribution >= 4 is 28.7 Å². The molecule has 0 bridgehead atoms. The van der Waals surface area contributed by atoms with Crippen molar-refractivity contribution in [1.29, 1.82) is 0 Å². The van der Waals surface area contributed by atoms with Crippen LogP contribution in [0.5, 0.6) is 5.75 Å². The van der Waals surface area contributed by atoms with Gasteiger partial charge in [-0.05, 0) is 18.2 Å². The van der Waals surface area contributed by atoms with Crippen molar-refractivity contribution in [3.05, 3.63) is 58.3 Å². The van der Waals surface area contributed by atoms with E-state index < -0.39 is 11.9 Å². The zero-order chi connectivity index (χ0) is 19.6. The quantitative estimate of drug-likeness (QED) is 0.780. The Balaban J connectivity index is 2.29. The van der Waals surface area contributed by atoms with Crippen molar-refractivity contribution in [2.24, 2.45) is 0 Å². The standard InChI is InChI=1S/C18H17N3O6/c1-25-14-9-12-11(19-18(24)20-12)8-13(14)21-7-5-4-6-10(16(22)26-2)15(21)17(23)27-3/h4-9H,1-3H3,(H2,19,20,24). The summed E-state index contributed by atoms with van der Waals surface area (Å²) in [4.78, 5) is 43.1. The number of methoxy groups -OCH3 is 3. The molecule has 9 nitrogen and oxygen atoms in total. The number of nitrogens with one attached hydrogen (secondary N) is 2. The molecular formula is C18H17N3O6. The Labute approximate surface area is 153 Å². The van der Waals surface area contributed by atoms with Crippen LogP contribution in [0.2, 0.25) is 0 Å². The first-order chi connectivity index (χ1) is 13.0. The number of hydrogen-bond acceptors (Lipinski definition) is 7. The molecule has 0 saturated heterocycles. The average molecular weight is 371 g/mol. The third kappa shape index (κ3) is 3.22. The fourth-order valence-electron chi connectivity index (χ4n) is 2.75. The van der Waals surface area contributed by atoms with Gasteiger partial charge in [-0.2, -0.15) is 0 Å². The van der Waals surface area contributed by atoms with Crippen LogP contribution in [-0.4, -0.2) is 43.2 Å². The Morgan fingerprint density at radius 3 is 2.26 bits per heavy atom. The molecule has 1 aliphatic rings. The van der Waals surface area contributed by atoms with Crippen molar-refractivity contribution in [1.82, 2.24) is 9.97 Å². The number of hydrogen-bond donors (Lipinski definition) is 2. The van der Waals surface area contributed by atoms with E-state index in [0.29, 0.717) is 22.5 Å². The Bertz CT molecular complexity index is 1060. The molecule has 27 heavy (non-hydrogen) atoms. The SMILES string of the molecule is COC(=O)C1=C(C(=O)OC)N(c2cc3[nH]c(=O)[nH]c3cc2OC)C=CC=C1. The van der Waals surface area contributed by atoms with E-state index in [4.69, 9.17) is 14.2 Å². The van der Waals surface area contributed by atoms with E-state index in [1.165, 1.54) is 32.3 Å². The Kier molecular flexibility index (Phi) is 4.84. The molecule has 0 spiro atoms. The van der Waals surface area contributed by atoms with E-state index >= 15 is 0 Å². The van der Waals surface area contributed by atoms with Gasteiger partial charge in [-0.3, -0.25) is 0 Å². The molecule has 2 aromatic rings. The van der Waals surface area contributed by atoms with Crippen LogP contribution in [0.25, 0.3) is 11.0 Å². The van der Waals surface area contributed by atoms with Crippen molar-refractivity contribution in [3.8, 4) is 5.75 Å². The predicted molar refractivity (Wildman–Crippen MR) is 97.3 cm³/mol. The minimum absolute atomic E-state index is 0.0130. The highest BCUT2D eigenvalue weighted by molar-refractivity contribution is 6.06. The number of rotatable bonds is 4. The summed E-state index contributed by atoms with van der Waals surface area (Å²) in [6.07, 6.45) is 6.27. The number of aromatic amines is 2. The maximum atomic E-state index is 12.5. The third-order valence-corrected chi connectivity index (χ3v) is 3.96. The van der Waals surface area contributed by atoms with Gasteiger partial charge in [0.15, 0.2) is 0 Å². The fraction of sp³-hybridized carbons (Fsp3) is 0.167. The van der Waals surface area contributed by atoms with E-state index in [1.54, 1.807) is 30.5 Å². The van der Waals surface area contributed by atoms with Crippen molar-refractivity contribution in [3.63, 3.8) is 0 Å². The Hall–Kier alpha value is -3.75. The number of esters is 2. The molecule has 0 radical (unpaired) electrons. The highest BCUT2D eigenvalue weighted by Crippen LogP contribution is 2.36. The minimum atomic E-state index is -0.740. The molecule has 9 heteroatoms. The second-order valence-electron chi connectivity index (χ2n) is 5.46. The van der Waals surface area contributed by atoms with Gasteiger partial charge in [0.05, 0.1) is 43.6 Å². The normalized spacial score (nSPS) is 13.7. The van der Waals surface area contributed by atoms with Crippen molar-refractivity contribution in [2.45, 2.75) is 0 Å². The van der Waals surface area contributed by atoms with E-state index in [9.17, 15) is 14.4 Å². The minimum Gasteiger partial charge on any atom is -0.494 e. The first-order valence-corrected chi connectivity index (χ1v) is 7.85. The highest BCUT2D eigenvalue weighted by Gasteiger charge is 2.29. The lowest BCUT2D eigenvalue weighted by Crippen LogP contribution is -2.27. The predicted octanol–water partition coefficient (Wildman–Crippen LogP) is 1.35. The molecule has 1 aliphatic heterocycles. The van der Waals surface area contributed by atoms with Crippen molar-refractivity contribution in [2.75, 3.05) is 26.2 Å². The molecule has 0 amide bonds. The summed E-state index contributed by atoms with van der Waals surface area (Å²) >= 11 is 0. The summed E-state index contributed by atoms with van der Waals surface area (Å²) in [7, 11) is 3.89. The molecule has 2 N–H and O–H groups in total. The Morgan fingerprint density at radius 2 is 1.63 bits per heavy atom. The van der Waals surface area contributed by atoms with Gasteiger partial charge >= 0.3 is 17.6 Å². The molecule has 1 aromatic heterocycles. The van der Waals surface area contributed by atoms with Gasteiger partial charge in [-0.15, -0.1) is 0 Å². The summed E-state index contributed by atoms with van der Waals surface area (Å²) in [6, 6.07) is 3.24. The highest BCUT2D eigenvalue weighted by atomic mass is 16.5. The number of benzene rings is 1. The zero-order valence-electron chi connectivity index (χ0n) is 14.9. The molecule has 140 valence electrons. The van der Waals surface area contributed by atoms with Crippen LogP contribution < -0.4 is 15.3 Å². The summed E-state index contributed by atoms with van der Waals surface area (Å²) < 4.78 is 15.1. The summed E-state index contributed by atoms with van der Waals surface area (Å²) in [5.74, 6) is -1.07. The number of aromatic nitrogens is 2. The second kappa shape index (κ2) is 7.24. The molecule has 0 aliphatic carbocycles. The average Bonchev–Trinajstić information content (AvgIpc) is 2.90. The van der Waals surface area contributed by atoms with E-state index in [2.05, 4.69) is 9.97 Å². The maximum Gasteiger partial charge on any atom is 0.355 e. The van der Waals surface area contributed by atoms with Crippen LogP contribution in [0.4, 0.5) is 5.69 Å². The molecule has 0 saturated carbocycles. The first kappa shape index (κ1) is 18.1. The second-order valence-corrected chi connectivity index (χ2v) is 5.46. The molecule has 3 rings (SSSR count). The molecule has 2 heterocycles. The van der Waals surface area contributed by atoms with Gasteiger partial charge in [0.25, 0.3) is 0 Å². The number of fused-ring (bicyclic) bond motifs is 1.